The molecule has 2 heterocycles. The van der Waals surface area contributed by atoms with Crippen LogP contribution in [0.2, 0.25) is 0 Å². The Morgan fingerprint density at radius 2 is 1.00 bits per heavy atom. The summed E-state index contributed by atoms with van der Waals surface area (Å²) in [5, 5.41) is 4.88. The van der Waals surface area contributed by atoms with Gasteiger partial charge >= 0.3 is 12.2 Å². The second kappa shape index (κ2) is 16.5. The lowest BCUT2D eigenvalue weighted by Crippen LogP contribution is -2.40. The molecule has 4 N–H and O–H groups in total. The van der Waals surface area contributed by atoms with Gasteiger partial charge in [-0.1, -0.05) is 50.2 Å². The summed E-state index contributed by atoms with van der Waals surface area (Å²) in [6, 6.07) is 20.3. The molecule has 262 valence electrons. The number of methoxy groups -OCH3 is 2. The number of hydrogen-bond donors (Lipinski definition) is 4. The predicted octanol–water partition coefficient (Wildman–Crippen LogP) is 4.96. The normalized spacial score (nSPS) is 11.0. The number of H-pyrrole nitrogens is 2. The van der Waals surface area contributed by atoms with Gasteiger partial charge in [0.1, 0.15) is 24.7 Å². The molecule has 5 rings (SSSR count). The molecule has 0 atom stereocenters. The first kappa shape index (κ1) is 35.4. The van der Waals surface area contributed by atoms with E-state index in [1.54, 1.807) is 9.80 Å². The van der Waals surface area contributed by atoms with E-state index < -0.39 is 12.2 Å². The van der Waals surface area contributed by atoms with Crippen molar-refractivity contribution >= 4 is 46.1 Å². The van der Waals surface area contributed by atoms with Gasteiger partial charge in [-0.15, -0.1) is 0 Å². The van der Waals surface area contributed by atoms with Crippen LogP contribution in [-0.4, -0.2) is 94.1 Å². The number of amides is 4. The maximum atomic E-state index is 12.7. The molecule has 0 aliphatic rings. The van der Waals surface area contributed by atoms with Crippen molar-refractivity contribution in [3.8, 4) is 22.3 Å². The number of ether oxygens (including phenoxy) is 2. The molecule has 0 radical (unpaired) electrons. The van der Waals surface area contributed by atoms with Crippen molar-refractivity contribution in [3.63, 3.8) is 0 Å². The van der Waals surface area contributed by atoms with Crippen molar-refractivity contribution in [2.75, 3.05) is 40.4 Å². The smallest absolute Gasteiger partial charge is 0.407 e. The number of carbonyl (C=O) groups excluding carboxylic acids is 4. The van der Waals surface area contributed by atoms with Crippen LogP contribution in [0, 0.1) is 0 Å². The van der Waals surface area contributed by atoms with Crippen LogP contribution in [0.4, 0.5) is 9.59 Å². The molecular formula is C36H42N8O6. The van der Waals surface area contributed by atoms with Gasteiger partial charge in [-0.25, -0.2) is 19.6 Å². The van der Waals surface area contributed by atoms with Crippen molar-refractivity contribution < 1.29 is 28.7 Å². The first-order valence-electron chi connectivity index (χ1n) is 16.5. The number of hydrogen-bond acceptors (Lipinski definition) is 8. The molecular weight excluding hydrogens is 640 g/mol. The zero-order chi connectivity index (χ0) is 35.6. The van der Waals surface area contributed by atoms with Crippen LogP contribution < -0.4 is 10.6 Å². The van der Waals surface area contributed by atoms with Crippen molar-refractivity contribution in [1.82, 2.24) is 40.4 Å². The van der Waals surface area contributed by atoms with Crippen LogP contribution in [-0.2, 0) is 32.2 Å². The summed E-state index contributed by atoms with van der Waals surface area (Å²) in [6.07, 6.45) is 0.225. The van der Waals surface area contributed by atoms with Crippen molar-refractivity contribution in [2.45, 2.75) is 39.8 Å². The Morgan fingerprint density at radius 3 is 1.36 bits per heavy atom. The number of nitrogens with one attached hydrogen (secondary N) is 4. The fraction of sp³-hybridized carbons (Fsp3) is 0.333. The zero-order valence-electron chi connectivity index (χ0n) is 28.7. The molecule has 0 fully saturated rings. The third-order valence-electron chi connectivity index (χ3n) is 8.13. The molecule has 0 spiro atoms. The van der Waals surface area contributed by atoms with Crippen LogP contribution in [0.25, 0.3) is 44.3 Å². The Labute approximate surface area is 289 Å². The number of aromatic nitrogens is 4. The van der Waals surface area contributed by atoms with E-state index in [1.165, 1.54) is 14.2 Å². The first-order valence-corrected chi connectivity index (χ1v) is 16.5. The summed E-state index contributed by atoms with van der Waals surface area (Å²) < 4.78 is 9.13. The molecule has 4 amide bonds. The minimum Gasteiger partial charge on any atom is -0.453 e. The summed E-state index contributed by atoms with van der Waals surface area (Å²) in [4.78, 5) is 67.6. The largest absolute Gasteiger partial charge is 0.453 e. The molecule has 14 nitrogen and oxygen atoms in total. The fourth-order valence-electron chi connectivity index (χ4n) is 5.64. The highest BCUT2D eigenvalue weighted by Crippen LogP contribution is 2.29. The Kier molecular flexibility index (Phi) is 11.6. The number of alkyl carbamates (subject to hydrolysis) is 2. The topological polar surface area (TPSA) is 175 Å². The fourth-order valence-corrected chi connectivity index (χ4v) is 5.64. The summed E-state index contributed by atoms with van der Waals surface area (Å²) in [5.74, 6) is 0.875. The monoisotopic (exact) mass is 682 g/mol. The predicted molar refractivity (Wildman–Crippen MR) is 189 cm³/mol. The molecule has 0 saturated carbocycles. The van der Waals surface area contributed by atoms with Crippen molar-refractivity contribution in [2.24, 2.45) is 0 Å². The Balaban J connectivity index is 1.27. The lowest BCUT2D eigenvalue weighted by molar-refractivity contribution is -0.131. The highest BCUT2D eigenvalue weighted by atomic mass is 16.5. The molecule has 0 aliphatic heterocycles. The van der Waals surface area contributed by atoms with Gasteiger partial charge in [0, 0.05) is 13.1 Å². The standard InChI is InChI=1S/C36H42N8O6/c1-5-15-43(33(45)19-37-35(47)49-3)21-31-39-27-13-11-25(17-29(27)41-31)23-7-9-24(10-8-23)26-12-14-28-30(18-26)42-32(40-28)22-44(16-6-2)34(46)20-38-36(48)50-4/h7-14,17-18H,5-6,15-16,19-22H2,1-4H3,(H,37,47)(H,38,48)(H,39,41)(H,40,42). The minimum atomic E-state index is -0.651. The van der Waals surface area contributed by atoms with Crippen molar-refractivity contribution in [3.05, 3.63) is 72.3 Å². The van der Waals surface area contributed by atoms with Crippen LogP contribution in [0.5, 0.6) is 0 Å². The first-order chi connectivity index (χ1) is 24.2. The Morgan fingerprint density at radius 1 is 0.620 bits per heavy atom. The third-order valence-corrected chi connectivity index (χ3v) is 8.13. The van der Waals surface area contributed by atoms with Crippen LogP contribution in [0.1, 0.15) is 38.3 Å². The number of aromatic amines is 2. The second-order valence-corrected chi connectivity index (χ2v) is 11.7. The van der Waals surface area contributed by atoms with E-state index in [2.05, 4.69) is 64.3 Å². The van der Waals surface area contributed by atoms with E-state index >= 15 is 0 Å². The average Bonchev–Trinajstić information content (AvgIpc) is 3.74. The Bertz CT molecular complexity index is 1830. The van der Waals surface area contributed by atoms with E-state index in [0.717, 1.165) is 57.2 Å². The molecule has 2 aromatic heterocycles. The van der Waals surface area contributed by atoms with E-state index in [1.807, 2.05) is 50.2 Å². The van der Waals surface area contributed by atoms with Gasteiger partial charge in [0.05, 0.1) is 49.4 Å². The molecule has 14 heteroatoms. The number of carbonyl (C=O) groups is 4. The van der Waals surface area contributed by atoms with Crippen molar-refractivity contribution in [1.29, 1.82) is 0 Å². The van der Waals surface area contributed by atoms with Gasteiger partial charge in [0.15, 0.2) is 0 Å². The van der Waals surface area contributed by atoms with E-state index in [9.17, 15) is 19.2 Å². The minimum absolute atomic E-state index is 0.150. The van der Waals surface area contributed by atoms with Gasteiger partial charge in [0.2, 0.25) is 11.8 Å². The number of fused-ring (bicyclic) bond motifs is 2. The molecule has 0 bridgehead atoms. The van der Waals surface area contributed by atoms with E-state index in [0.29, 0.717) is 37.8 Å². The van der Waals surface area contributed by atoms with Gasteiger partial charge in [-0.05, 0) is 59.4 Å². The van der Waals surface area contributed by atoms with E-state index in [4.69, 9.17) is 0 Å². The molecule has 50 heavy (non-hydrogen) atoms. The lowest BCUT2D eigenvalue weighted by Gasteiger charge is -2.21. The maximum absolute atomic E-state index is 12.7. The number of benzene rings is 3. The zero-order valence-corrected chi connectivity index (χ0v) is 28.7. The van der Waals surface area contributed by atoms with Gasteiger partial charge in [-0.3, -0.25) is 9.59 Å². The SMILES string of the molecule is CCCN(Cc1nc2ccc(-c3ccc(-c4ccc5nc(CN(CCC)C(=O)CNC(=O)OC)[nH]c5c4)cc3)cc2[nH]1)C(=O)CNC(=O)OC. The number of rotatable bonds is 14. The summed E-state index contributed by atoms with van der Waals surface area (Å²) >= 11 is 0. The molecule has 0 unspecified atom stereocenters. The highest BCUT2D eigenvalue weighted by molar-refractivity contribution is 5.86. The highest BCUT2D eigenvalue weighted by Gasteiger charge is 2.18. The lowest BCUT2D eigenvalue weighted by atomic mass is 10.00. The van der Waals surface area contributed by atoms with Crippen LogP contribution in [0.3, 0.4) is 0 Å². The third kappa shape index (κ3) is 8.75. The van der Waals surface area contributed by atoms with Gasteiger partial charge < -0.3 is 39.9 Å². The quantitative estimate of drug-likeness (QED) is 0.127. The molecule has 5 aromatic rings. The molecule has 3 aromatic carbocycles. The maximum Gasteiger partial charge on any atom is 0.407 e. The van der Waals surface area contributed by atoms with Gasteiger partial charge in [-0.2, -0.15) is 0 Å². The van der Waals surface area contributed by atoms with Crippen LogP contribution >= 0.6 is 0 Å². The second-order valence-electron chi connectivity index (χ2n) is 11.7. The average molecular weight is 683 g/mol. The van der Waals surface area contributed by atoms with E-state index in [-0.39, 0.29) is 24.9 Å². The molecule has 0 aliphatic carbocycles. The summed E-state index contributed by atoms with van der Waals surface area (Å²) in [7, 11) is 2.51. The number of imidazole rings is 2. The molecule has 0 saturated heterocycles. The summed E-state index contributed by atoms with van der Waals surface area (Å²) in [6.45, 7) is 5.31. The summed E-state index contributed by atoms with van der Waals surface area (Å²) in [5.41, 5.74) is 7.42. The van der Waals surface area contributed by atoms with Crippen LogP contribution in [0.15, 0.2) is 60.7 Å². The number of nitrogens with zero attached hydrogens (tertiary/aromatic N) is 4. The Hall–Kier alpha value is -5.92. The van der Waals surface area contributed by atoms with Gasteiger partial charge in [0.25, 0.3) is 0 Å².